The van der Waals surface area contributed by atoms with E-state index in [2.05, 4.69) is 5.32 Å². The van der Waals surface area contributed by atoms with Gasteiger partial charge in [0.05, 0.1) is 0 Å². The van der Waals surface area contributed by atoms with Gasteiger partial charge >= 0.3 is 6.09 Å². The molecular weight excluding hydrogens is 206 g/mol. The van der Waals surface area contributed by atoms with Gasteiger partial charge in [0.25, 0.3) is 0 Å². The van der Waals surface area contributed by atoms with Crippen molar-refractivity contribution in [3.63, 3.8) is 0 Å². The van der Waals surface area contributed by atoms with Crippen molar-refractivity contribution in [3.8, 4) is 0 Å². The molecule has 0 spiro atoms. The van der Waals surface area contributed by atoms with Crippen LogP contribution in [0.25, 0.3) is 0 Å². The van der Waals surface area contributed by atoms with Gasteiger partial charge in [-0.3, -0.25) is 4.79 Å². The van der Waals surface area contributed by atoms with Crippen LogP contribution in [0.3, 0.4) is 0 Å². The smallest absolute Gasteiger partial charge is 0.407 e. The fourth-order valence-corrected chi connectivity index (χ4v) is 3.48. The third-order valence-corrected chi connectivity index (χ3v) is 3.98. The minimum atomic E-state index is -0.474. The number of amides is 1. The molecular formula is C12H17NO3. The fraction of sp³-hybridized carbons (Fsp3) is 0.833. The number of carbonyl (C=O) groups is 2. The summed E-state index contributed by atoms with van der Waals surface area (Å²) < 4.78 is 5.21. The summed E-state index contributed by atoms with van der Waals surface area (Å²) in [5, 5.41) is 2.87. The van der Waals surface area contributed by atoms with Gasteiger partial charge in [-0.15, -0.1) is 0 Å². The summed E-state index contributed by atoms with van der Waals surface area (Å²) in [6, 6.07) is 0.0531. The second-order valence-corrected chi connectivity index (χ2v) is 6.18. The predicted octanol–water partition coefficient (Wildman–Crippen LogP) is 1.34. The maximum atomic E-state index is 11.7. The molecule has 1 N–H and O–H groups in total. The number of hydrogen-bond acceptors (Lipinski definition) is 3. The van der Waals surface area contributed by atoms with Crippen LogP contribution in [0.5, 0.6) is 0 Å². The quantitative estimate of drug-likeness (QED) is 0.730. The van der Waals surface area contributed by atoms with Gasteiger partial charge in [0.2, 0.25) is 0 Å². The second-order valence-electron chi connectivity index (χ2n) is 6.18. The number of nitrogens with one attached hydrogen (secondary N) is 1. The third kappa shape index (κ3) is 1.28. The van der Waals surface area contributed by atoms with Crippen LogP contribution in [0.1, 0.15) is 27.2 Å². The highest BCUT2D eigenvalue weighted by atomic mass is 16.6. The summed E-state index contributed by atoms with van der Waals surface area (Å²) in [5.74, 6) is 1.70. The zero-order chi connectivity index (χ0) is 11.7. The second kappa shape index (κ2) is 2.79. The molecule has 88 valence electrons. The first kappa shape index (κ1) is 10.1. The Morgan fingerprint density at radius 3 is 2.50 bits per heavy atom. The SMILES string of the molecule is CC(C)(C)OC(=O)N[C@H]1[C@H]2[C@H]3C[C@H]1C(=O)[C@H]32. The maximum Gasteiger partial charge on any atom is 0.407 e. The number of rotatable bonds is 1. The number of alkyl carbamates (subject to hydrolysis) is 1. The summed E-state index contributed by atoms with van der Waals surface area (Å²) in [4.78, 5) is 23.3. The molecule has 0 aliphatic heterocycles. The van der Waals surface area contributed by atoms with Crippen molar-refractivity contribution >= 4 is 11.9 Å². The first-order valence-electron chi connectivity index (χ1n) is 5.92. The maximum absolute atomic E-state index is 11.7. The minimum Gasteiger partial charge on any atom is -0.444 e. The van der Waals surface area contributed by atoms with Gasteiger partial charge in [0, 0.05) is 17.9 Å². The molecule has 4 aliphatic carbocycles. The van der Waals surface area contributed by atoms with E-state index in [9.17, 15) is 9.59 Å². The molecule has 0 unspecified atom stereocenters. The monoisotopic (exact) mass is 223 g/mol. The molecule has 4 nitrogen and oxygen atoms in total. The van der Waals surface area contributed by atoms with E-state index in [4.69, 9.17) is 4.74 Å². The Morgan fingerprint density at radius 2 is 2.12 bits per heavy atom. The largest absolute Gasteiger partial charge is 0.444 e. The van der Waals surface area contributed by atoms with Gasteiger partial charge in [-0.1, -0.05) is 0 Å². The molecule has 4 aliphatic rings. The van der Waals surface area contributed by atoms with Gasteiger partial charge in [0.15, 0.2) is 0 Å². The Balaban J connectivity index is 1.61. The van der Waals surface area contributed by atoms with E-state index in [0.717, 1.165) is 6.42 Å². The van der Waals surface area contributed by atoms with Crippen molar-refractivity contribution in [2.75, 3.05) is 0 Å². The molecule has 0 aromatic heterocycles. The van der Waals surface area contributed by atoms with E-state index in [1.807, 2.05) is 20.8 Å². The van der Waals surface area contributed by atoms with E-state index < -0.39 is 5.60 Å². The zero-order valence-electron chi connectivity index (χ0n) is 9.82. The number of ketones is 1. The Bertz CT molecular complexity index is 371. The van der Waals surface area contributed by atoms with Crippen LogP contribution in [0, 0.1) is 23.7 Å². The molecule has 0 radical (unpaired) electrons. The first-order valence-corrected chi connectivity index (χ1v) is 5.92. The van der Waals surface area contributed by atoms with Crippen LogP contribution in [-0.2, 0) is 9.53 Å². The molecule has 0 heterocycles. The zero-order valence-corrected chi connectivity index (χ0v) is 9.82. The number of hydrogen-bond donors (Lipinski definition) is 1. The average molecular weight is 223 g/mol. The van der Waals surface area contributed by atoms with Gasteiger partial charge < -0.3 is 10.1 Å². The molecule has 4 fully saturated rings. The van der Waals surface area contributed by atoms with Crippen molar-refractivity contribution in [2.45, 2.75) is 38.8 Å². The highest BCUT2D eigenvalue weighted by molar-refractivity contribution is 5.94. The highest BCUT2D eigenvalue weighted by Gasteiger charge is 2.74. The first-order chi connectivity index (χ1) is 7.38. The Labute approximate surface area is 94.7 Å². The van der Waals surface area contributed by atoms with Crippen molar-refractivity contribution in [1.82, 2.24) is 5.32 Å². The van der Waals surface area contributed by atoms with E-state index in [0.29, 0.717) is 17.6 Å². The summed E-state index contributed by atoms with van der Waals surface area (Å²) in [7, 11) is 0. The summed E-state index contributed by atoms with van der Waals surface area (Å²) in [5.41, 5.74) is -0.474. The van der Waals surface area contributed by atoms with E-state index in [1.54, 1.807) is 0 Å². The van der Waals surface area contributed by atoms with E-state index in [1.165, 1.54) is 0 Å². The molecule has 0 aromatic carbocycles. The van der Waals surface area contributed by atoms with Crippen molar-refractivity contribution < 1.29 is 14.3 Å². The fourth-order valence-electron chi connectivity index (χ4n) is 3.48. The van der Waals surface area contributed by atoms with Crippen LogP contribution < -0.4 is 5.32 Å². The lowest BCUT2D eigenvalue weighted by molar-refractivity contribution is -0.121. The number of ether oxygens (including phenoxy) is 1. The molecule has 4 heteroatoms. The van der Waals surface area contributed by atoms with Crippen LogP contribution in [0.4, 0.5) is 4.79 Å². The molecule has 16 heavy (non-hydrogen) atoms. The molecule has 1 amide bonds. The van der Waals surface area contributed by atoms with E-state index in [-0.39, 0.29) is 24.0 Å². The Morgan fingerprint density at radius 1 is 1.44 bits per heavy atom. The van der Waals surface area contributed by atoms with Crippen LogP contribution >= 0.6 is 0 Å². The molecule has 0 aromatic rings. The summed E-state index contributed by atoms with van der Waals surface area (Å²) in [6.45, 7) is 5.52. The normalized spacial score (nSPS) is 43.4. The van der Waals surface area contributed by atoms with Gasteiger partial charge in [-0.25, -0.2) is 4.79 Å². The number of Topliss-reactive ketones (excluding diaryl/α,β-unsaturated/α-hetero) is 1. The van der Waals surface area contributed by atoms with E-state index >= 15 is 0 Å². The topological polar surface area (TPSA) is 55.4 Å². The molecule has 4 saturated carbocycles. The Hall–Kier alpha value is -1.06. The minimum absolute atomic E-state index is 0.0531. The van der Waals surface area contributed by atoms with Crippen molar-refractivity contribution in [3.05, 3.63) is 0 Å². The Kier molecular flexibility index (Phi) is 1.76. The lowest BCUT2D eigenvalue weighted by Crippen LogP contribution is -2.41. The number of carbonyl (C=O) groups excluding carboxylic acids is 2. The van der Waals surface area contributed by atoms with Gasteiger partial charge in [-0.05, 0) is 39.0 Å². The average Bonchev–Trinajstić information content (AvgIpc) is 2.43. The standard InChI is InChI=1S/C12H17NO3/c1-12(2,3)16-11(15)13-9-6-4-5-7(9)8(5)10(6)14/h5-9H,4H2,1-3H3,(H,13,15)/t5-,6-,7+,8-,9-/m1/s1. The van der Waals surface area contributed by atoms with Gasteiger partial charge in [-0.2, -0.15) is 0 Å². The lowest BCUT2D eigenvalue weighted by Gasteiger charge is -2.22. The van der Waals surface area contributed by atoms with Crippen LogP contribution in [-0.4, -0.2) is 23.5 Å². The van der Waals surface area contributed by atoms with Crippen LogP contribution in [0.2, 0.25) is 0 Å². The molecule has 4 bridgehead atoms. The molecule has 4 rings (SSSR count). The summed E-state index contributed by atoms with van der Waals surface area (Å²) >= 11 is 0. The van der Waals surface area contributed by atoms with Gasteiger partial charge in [0.1, 0.15) is 11.4 Å². The van der Waals surface area contributed by atoms with Crippen molar-refractivity contribution in [1.29, 1.82) is 0 Å². The predicted molar refractivity (Wildman–Crippen MR) is 56.7 cm³/mol. The third-order valence-electron chi connectivity index (χ3n) is 3.98. The molecule has 0 saturated heterocycles. The summed E-state index contributed by atoms with van der Waals surface area (Å²) in [6.07, 6.45) is 0.595. The van der Waals surface area contributed by atoms with Crippen LogP contribution in [0.15, 0.2) is 0 Å². The highest BCUT2D eigenvalue weighted by Crippen LogP contribution is 2.68. The molecule has 5 atom stereocenters. The lowest BCUT2D eigenvalue weighted by atomic mass is 10.1. The van der Waals surface area contributed by atoms with Crippen molar-refractivity contribution in [2.24, 2.45) is 23.7 Å².